The van der Waals surface area contributed by atoms with Gasteiger partial charge in [0.25, 0.3) is 5.91 Å². The largest absolute Gasteiger partial charge is 0.494 e. The Morgan fingerprint density at radius 2 is 1.51 bits per heavy atom. The van der Waals surface area contributed by atoms with Gasteiger partial charge in [-0.05, 0) is 72.2 Å². The molecule has 7 nitrogen and oxygen atoms in total. The van der Waals surface area contributed by atoms with Crippen molar-refractivity contribution in [2.45, 2.75) is 31.7 Å². The maximum Gasteiger partial charge on any atom is 0.256 e. The summed E-state index contributed by atoms with van der Waals surface area (Å²) in [5.41, 5.74) is 6.53. The zero-order valence-electron chi connectivity index (χ0n) is 25.2. The van der Waals surface area contributed by atoms with Gasteiger partial charge in [-0.2, -0.15) is 0 Å². The summed E-state index contributed by atoms with van der Waals surface area (Å²) in [6.07, 6.45) is 7.53. The molecule has 3 aliphatic rings. The van der Waals surface area contributed by atoms with Crippen LogP contribution in [0.15, 0.2) is 89.9 Å². The van der Waals surface area contributed by atoms with Crippen LogP contribution in [0.1, 0.15) is 68.7 Å². The van der Waals surface area contributed by atoms with E-state index in [9.17, 15) is 9.59 Å². The van der Waals surface area contributed by atoms with E-state index in [2.05, 4.69) is 11.1 Å². The van der Waals surface area contributed by atoms with Gasteiger partial charge in [0.1, 0.15) is 5.75 Å². The number of amides is 1. The first-order valence-corrected chi connectivity index (χ1v) is 15.5. The fourth-order valence-corrected chi connectivity index (χ4v) is 6.33. The van der Waals surface area contributed by atoms with Crippen molar-refractivity contribution >= 4 is 35.2 Å². The molecule has 45 heavy (non-hydrogen) atoms. The second kappa shape index (κ2) is 12.4. The fourth-order valence-electron chi connectivity index (χ4n) is 6.33. The minimum absolute atomic E-state index is 0.00395. The molecule has 1 fully saturated rings. The van der Waals surface area contributed by atoms with E-state index in [-0.39, 0.29) is 17.7 Å². The van der Waals surface area contributed by atoms with Crippen molar-refractivity contribution in [3.8, 4) is 17.2 Å². The number of unbranched alkanes of at least 4 members (excludes halogenated alkanes) is 1. The maximum atomic E-state index is 13.1. The van der Waals surface area contributed by atoms with Crippen molar-refractivity contribution < 1.29 is 23.8 Å². The summed E-state index contributed by atoms with van der Waals surface area (Å²) in [5, 5.41) is 0. The van der Waals surface area contributed by atoms with Crippen molar-refractivity contribution in [2.24, 2.45) is 4.99 Å². The van der Waals surface area contributed by atoms with Crippen LogP contribution in [0.2, 0.25) is 0 Å². The van der Waals surface area contributed by atoms with E-state index < -0.39 is 0 Å². The van der Waals surface area contributed by atoms with Gasteiger partial charge in [0.05, 0.1) is 37.6 Å². The quantitative estimate of drug-likeness (QED) is 0.165. The van der Waals surface area contributed by atoms with Crippen molar-refractivity contribution in [1.82, 2.24) is 4.90 Å². The Kier molecular flexibility index (Phi) is 7.91. The lowest BCUT2D eigenvalue weighted by Crippen LogP contribution is -2.35. The van der Waals surface area contributed by atoms with Crippen LogP contribution < -0.4 is 14.2 Å². The van der Waals surface area contributed by atoms with Gasteiger partial charge in [0, 0.05) is 30.0 Å². The summed E-state index contributed by atoms with van der Waals surface area (Å²) in [4.78, 5) is 32.7. The molecule has 0 bridgehead atoms. The van der Waals surface area contributed by atoms with Crippen molar-refractivity contribution in [3.63, 3.8) is 0 Å². The number of carbonyl (C=O) groups is 2. The van der Waals surface area contributed by atoms with Gasteiger partial charge in [-0.15, -0.1) is 0 Å². The van der Waals surface area contributed by atoms with Gasteiger partial charge in [-0.25, -0.2) is 0 Å². The Labute approximate surface area is 262 Å². The summed E-state index contributed by atoms with van der Waals surface area (Å²) < 4.78 is 17.7. The summed E-state index contributed by atoms with van der Waals surface area (Å²) in [6, 6.07) is 27.2. The van der Waals surface area contributed by atoms with Crippen LogP contribution in [-0.4, -0.2) is 55.7 Å². The molecule has 2 heterocycles. The van der Waals surface area contributed by atoms with Crippen LogP contribution in [0.3, 0.4) is 0 Å². The number of benzene rings is 4. The molecular formula is C38H34N2O5. The highest BCUT2D eigenvalue weighted by Crippen LogP contribution is 2.39. The van der Waals surface area contributed by atoms with Gasteiger partial charge in [0.15, 0.2) is 17.3 Å². The highest BCUT2D eigenvalue weighted by molar-refractivity contribution is 6.20. The molecule has 4 aromatic carbocycles. The van der Waals surface area contributed by atoms with Gasteiger partial charge in [-0.1, -0.05) is 60.7 Å². The smallest absolute Gasteiger partial charge is 0.256 e. The maximum absolute atomic E-state index is 13.1. The Morgan fingerprint density at radius 3 is 2.24 bits per heavy atom. The van der Waals surface area contributed by atoms with E-state index in [1.54, 1.807) is 19.2 Å². The van der Waals surface area contributed by atoms with E-state index in [1.165, 1.54) is 0 Å². The molecular weight excluding hydrogens is 564 g/mol. The average Bonchev–Trinajstić information content (AvgIpc) is 3.51. The summed E-state index contributed by atoms with van der Waals surface area (Å²) in [5.74, 6) is 1.95. The number of nitrogens with zero attached hydrogens (tertiary/aromatic N) is 2. The number of aliphatic imine (C=N–C) groups is 1. The first-order chi connectivity index (χ1) is 22.1. The van der Waals surface area contributed by atoms with Crippen LogP contribution in [0, 0.1) is 0 Å². The predicted molar refractivity (Wildman–Crippen MR) is 175 cm³/mol. The molecule has 0 saturated carbocycles. The third-order valence-electron chi connectivity index (χ3n) is 8.62. The lowest BCUT2D eigenvalue weighted by atomic mass is 9.81. The molecule has 0 spiro atoms. The predicted octanol–water partition coefficient (Wildman–Crippen LogP) is 7.39. The number of methoxy groups -OCH3 is 1. The molecule has 0 N–H and O–H groups in total. The number of carbonyl (C=O) groups excluding carboxylic acids is 2. The normalized spacial score (nSPS) is 16.3. The van der Waals surface area contributed by atoms with Crippen molar-refractivity contribution in [3.05, 3.63) is 118 Å². The fraction of sp³-hybridized carbons (Fsp3) is 0.237. The lowest BCUT2D eigenvalue weighted by molar-refractivity contribution is 0.0774. The van der Waals surface area contributed by atoms with Crippen LogP contribution >= 0.6 is 0 Å². The Hall–Kier alpha value is -5.17. The number of fused-ring (bicyclic) bond motifs is 4. The molecule has 1 atom stereocenters. The monoisotopic (exact) mass is 598 g/mol. The molecule has 7 rings (SSSR count). The van der Waals surface area contributed by atoms with Crippen LogP contribution in [0.4, 0.5) is 5.69 Å². The Bertz CT molecular complexity index is 1790. The molecule has 1 aliphatic carbocycles. The van der Waals surface area contributed by atoms with Crippen LogP contribution in [-0.2, 0) is 0 Å². The van der Waals surface area contributed by atoms with E-state index >= 15 is 0 Å². The minimum atomic E-state index is -0.00395. The summed E-state index contributed by atoms with van der Waals surface area (Å²) in [6.45, 7) is 1.78. The number of hydrogen-bond acceptors (Lipinski definition) is 6. The summed E-state index contributed by atoms with van der Waals surface area (Å²) in [7, 11) is 1.58. The standard InChI is InChI=1S/C38H34N2O5/c1-43-35-22-33-34(39-24-26-11-9-17-40(26)38(33)42)23-36(35)45-19-7-6-18-44-27-12-8-10-25(20-27)21-32-28-13-2-4-15-30(28)37(41)31-16-5-3-14-29(31)32/h2-5,8,10,12-16,20-24,26H,6-7,9,11,17-19H2,1H3/t26-/m0/s1. The second-order valence-corrected chi connectivity index (χ2v) is 11.5. The summed E-state index contributed by atoms with van der Waals surface area (Å²) >= 11 is 0. The van der Waals surface area contributed by atoms with E-state index in [0.29, 0.717) is 36.0 Å². The number of rotatable bonds is 9. The molecule has 0 aromatic heterocycles. The number of hydrogen-bond donors (Lipinski definition) is 0. The van der Waals surface area contributed by atoms with Crippen LogP contribution in [0.5, 0.6) is 17.2 Å². The highest BCUT2D eigenvalue weighted by atomic mass is 16.5. The van der Waals surface area contributed by atoms with Gasteiger partial charge >= 0.3 is 0 Å². The minimum Gasteiger partial charge on any atom is -0.494 e. The molecule has 2 aliphatic heterocycles. The molecule has 4 aromatic rings. The zero-order valence-corrected chi connectivity index (χ0v) is 25.2. The Morgan fingerprint density at radius 1 is 0.800 bits per heavy atom. The van der Waals surface area contributed by atoms with E-state index in [1.807, 2.05) is 83.9 Å². The van der Waals surface area contributed by atoms with E-state index in [0.717, 1.165) is 71.4 Å². The number of ether oxygens (including phenoxy) is 3. The highest BCUT2D eigenvalue weighted by Gasteiger charge is 2.32. The molecule has 0 unspecified atom stereocenters. The van der Waals surface area contributed by atoms with Gasteiger partial charge in [0.2, 0.25) is 0 Å². The zero-order chi connectivity index (χ0) is 30.8. The second-order valence-electron chi connectivity index (χ2n) is 11.5. The van der Waals surface area contributed by atoms with Crippen LogP contribution in [0.25, 0.3) is 11.6 Å². The molecule has 7 heteroatoms. The average molecular weight is 599 g/mol. The van der Waals surface area contributed by atoms with Gasteiger partial charge < -0.3 is 19.1 Å². The number of ketones is 1. The third kappa shape index (κ3) is 5.62. The molecule has 1 saturated heterocycles. The van der Waals surface area contributed by atoms with Gasteiger partial charge in [-0.3, -0.25) is 14.6 Å². The van der Waals surface area contributed by atoms with Crippen molar-refractivity contribution in [2.75, 3.05) is 26.9 Å². The first-order valence-electron chi connectivity index (χ1n) is 15.5. The molecule has 0 radical (unpaired) electrons. The molecule has 1 amide bonds. The third-order valence-corrected chi connectivity index (χ3v) is 8.62. The lowest BCUT2D eigenvalue weighted by Gasteiger charge is -2.21. The Balaban J connectivity index is 0.977. The molecule has 226 valence electrons. The topological polar surface area (TPSA) is 77.4 Å². The SMILES string of the molecule is COc1cc2c(cc1OCCCCOc1cccc(C=C3c4ccccc4C(=O)c4ccccc43)c1)N=C[C@@H]1CCCN1C2=O. The van der Waals surface area contributed by atoms with E-state index in [4.69, 9.17) is 14.2 Å². The van der Waals surface area contributed by atoms with Crippen molar-refractivity contribution in [1.29, 1.82) is 0 Å². The first kappa shape index (κ1) is 28.6.